The van der Waals surface area contributed by atoms with Crippen LogP contribution in [0.5, 0.6) is 5.75 Å². The van der Waals surface area contributed by atoms with Crippen LogP contribution in [0, 0.1) is 5.92 Å². The van der Waals surface area contributed by atoms with Gasteiger partial charge in [-0.15, -0.1) is 0 Å². The van der Waals surface area contributed by atoms with Gasteiger partial charge in [-0.25, -0.2) is 14.4 Å². The van der Waals surface area contributed by atoms with E-state index in [2.05, 4.69) is 20.8 Å². The van der Waals surface area contributed by atoms with E-state index in [1.807, 2.05) is 12.2 Å². The van der Waals surface area contributed by atoms with Crippen LogP contribution in [-0.2, 0) is 16.1 Å². The lowest BCUT2D eigenvalue weighted by Gasteiger charge is -2.19. The highest BCUT2D eigenvalue weighted by Crippen LogP contribution is 2.29. The summed E-state index contributed by atoms with van der Waals surface area (Å²) in [5, 5.41) is 10.4. The van der Waals surface area contributed by atoms with Crippen LogP contribution in [0.2, 0.25) is 0 Å². The summed E-state index contributed by atoms with van der Waals surface area (Å²) in [4.78, 5) is 42.7. The molecule has 0 spiro atoms. The summed E-state index contributed by atoms with van der Waals surface area (Å²) in [6.07, 6.45) is 9.00. The van der Waals surface area contributed by atoms with Gasteiger partial charge in [-0.05, 0) is 49.6 Å². The molecule has 12 nitrogen and oxygen atoms in total. The predicted octanol–water partition coefficient (Wildman–Crippen LogP) is 3.23. The number of halogens is 1. The number of hydrogen-bond acceptors (Lipinski definition) is 11. The third kappa shape index (κ3) is 6.10. The normalized spacial score (nSPS) is 18.2. The number of anilines is 2. The molecule has 1 aromatic carbocycles. The van der Waals surface area contributed by atoms with Crippen LogP contribution in [0.15, 0.2) is 85.1 Å². The predicted molar refractivity (Wildman–Crippen MR) is 145 cm³/mol. The summed E-state index contributed by atoms with van der Waals surface area (Å²) < 4.78 is 17.9. The molecule has 2 N–H and O–H groups in total. The molecule has 0 saturated heterocycles. The van der Waals surface area contributed by atoms with Gasteiger partial charge < -0.3 is 24.6 Å². The van der Waals surface area contributed by atoms with E-state index in [-0.39, 0.29) is 30.8 Å². The van der Waals surface area contributed by atoms with Gasteiger partial charge in [0.25, 0.3) is 0 Å². The molecule has 2 aromatic heterocycles. The van der Waals surface area contributed by atoms with E-state index in [1.54, 1.807) is 43.5 Å². The van der Waals surface area contributed by atoms with E-state index in [4.69, 9.17) is 25.6 Å². The van der Waals surface area contributed by atoms with Gasteiger partial charge in [-0.2, -0.15) is 9.55 Å². The van der Waals surface area contributed by atoms with Crippen molar-refractivity contribution >= 4 is 41.0 Å². The Hall–Kier alpha value is -4.23. The Morgan fingerprint density at radius 2 is 2.10 bits per heavy atom. The SMILES string of the molecule is CCOC(=O)C1=CNC(Oc2ccc(Nc3nc(=O)n(-c4ccon4)c(=O)n3CC3C=CC(Cl)=CC3)cc2)S1. The first kappa shape index (κ1) is 26.4. The first-order chi connectivity index (χ1) is 18.9. The molecule has 0 amide bonds. The van der Waals surface area contributed by atoms with Crippen molar-refractivity contribution in [2.75, 3.05) is 11.9 Å². The number of esters is 1. The third-order valence-corrected chi connectivity index (χ3v) is 6.96. The van der Waals surface area contributed by atoms with Crippen molar-refractivity contribution in [1.29, 1.82) is 0 Å². The number of carbonyl (C=O) groups is 1. The minimum atomic E-state index is -0.802. The average molecular weight is 571 g/mol. The van der Waals surface area contributed by atoms with Gasteiger partial charge in [0, 0.05) is 29.5 Å². The van der Waals surface area contributed by atoms with Gasteiger partial charge in [0.1, 0.15) is 16.9 Å². The Kier molecular flexibility index (Phi) is 7.89. The summed E-state index contributed by atoms with van der Waals surface area (Å²) >= 11 is 7.25. The van der Waals surface area contributed by atoms with Crippen LogP contribution in [0.1, 0.15) is 13.3 Å². The molecule has 5 rings (SSSR count). The lowest BCUT2D eigenvalue weighted by Crippen LogP contribution is -2.42. The summed E-state index contributed by atoms with van der Waals surface area (Å²) in [6, 6.07) is 8.27. The first-order valence-electron chi connectivity index (χ1n) is 11.9. The molecule has 0 fully saturated rings. The van der Waals surface area contributed by atoms with E-state index < -0.39 is 22.9 Å². The summed E-state index contributed by atoms with van der Waals surface area (Å²) in [7, 11) is 0. The molecule has 14 heteroatoms. The van der Waals surface area contributed by atoms with Gasteiger partial charge in [-0.3, -0.25) is 4.57 Å². The fourth-order valence-electron chi connectivity index (χ4n) is 3.84. The molecular weight excluding hydrogens is 548 g/mol. The number of thioether (sulfide) groups is 1. The van der Waals surface area contributed by atoms with Gasteiger partial charge in [-0.1, -0.05) is 40.7 Å². The van der Waals surface area contributed by atoms with Crippen LogP contribution < -0.4 is 26.7 Å². The molecule has 3 heterocycles. The maximum Gasteiger partial charge on any atom is 0.360 e. The molecule has 202 valence electrons. The van der Waals surface area contributed by atoms with Gasteiger partial charge in [0.15, 0.2) is 5.82 Å². The smallest absolute Gasteiger partial charge is 0.360 e. The summed E-state index contributed by atoms with van der Waals surface area (Å²) in [5.74, 6) is 0.194. The second-order valence-corrected chi connectivity index (χ2v) is 9.90. The van der Waals surface area contributed by atoms with Crippen molar-refractivity contribution < 1.29 is 18.8 Å². The Labute approximate surface area is 230 Å². The van der Waals surface area contributed by atoms with E-state index in [9.17, 15) is 14.4 Å². The maximum absolute atomic E-state index is 13.4. The van der Waals surface area contributed by atoms with Crippen LogP contribution in [0.25, 0.3) is 5.82 Å². The Balaban J connectivity index is 1.35. The summed E-state index contributed by atoms with van der Waals surface area (Å²) in [5.41, 5.74) is -1.34. The van der Waals surface area contributed by atoms with E-state index in [0.29, 0.717) is 27.8 Å². The number of benzene rings is 1. The molecule has 2 aliphatic rings. The van der Waals surface area contributed by atoms with Crippen LogP contribution >= 0.6 is 23.4 Å². The zero-order valence-corrected chi connectivity index (χ0v) is 22.1. The zero-order chi connectivity index (χ0) is 27.4. The van der Waals surface area contributed by atoms with E-state index >= 15 is 0 Å². The second kappa shape index (κ2) is 11.7. The fourth-order valence-corrected chi connectivity index (χ4v) is 4.82. The Morgan fingerprint density at radius 1 is 1.28 bits per heavy atom. The van der Waals surface area contributed by atoms with Crippen molar-refractivity contribution in [3.05, 3.63) is 91.9 Å². The molecule has 0 radical (unpaired) electrons. The molecule has 1 aliphatic carbocycles. The van der Waals surface area contributed by atoms with Crippen LogP contribution in [0.3, 0.4) is 0 Å². The van der Waals surface area contributed by atoms with Gasteiger partial charge in [0.2, 0.25) is 11.5 Å². The molecule has 1 aliphatic heterocycles. The van der Waals surface area contributed by atoms with E-state index in [0.717, 1.165) is 4.57 Å². The topological polar surface area (TPSA) is 143 Å². The molecule has 3 aromatic rings. The molecule has 2 unspecified atom stereocenters. The zero-order valence-electron chi connectivity index (χ0n) is 20.6. The Bertz CT molecular complexity index is 1560. The van der Waals surface area contributed by atoms with E-state index in [1.165, 1.54) is 28.7 Å². The minimum absolute atomic E-state index is 0.0421. The standard InChI is InChI=1S/C25H23ClN6O6S/c1-2-36-21(33)19-13-27-24(39-19)38-18-9-7-17(8-10-18)28-22-29-23(34)32(20-11-12-37-30-20)25(35)31(22)14-15-3-5-16(26)6-4-15/h3,5-13,15,24,27H,2,4,14H2,1H3,(H,28,29,34). The highest BCUT2D eigenvalue weighted by Gasteiger charge is 2.25. The number of allylic oxidation sites excluding steroid dienone is 4. The second-order valence-electron chi connectivity index (χ2n) is 8.36. The first-order valence-corrected chi connectivity index (χ1v) is 13.2. The number of ether oxygens (including phenoxy) is 2. The number of hydrogen-bond donors (Lipinski definition) is 2. The number of carbonyl (C=O) groups excluding carboxylic acids is 1. The molecule has 0 bridgehead atoms. The molecule has 2 atom stereocenters. The number of rotatable bonds is 9. The van der Waals surface area contributed by atoms with Crippen molar-refractivity contribution in [3.63, 3.8) is 0 Å². The quantitative estimate of drug-likeness (QED) is 0.366. The van der Waals surface area contributed by atoms with Crippen molar-refractivity contribution in [2.45, 2.75) is 25.4 Å². The molecular formula is C25H23ClN6O6S. The maximum atomic E-state index is 13.4. The van der Waals surface area contributed by atoms with Crippen LogP contribution in [0.4, 0.5) is 11.6 Å². The highest BCUT2D eigenvalue weighted by molar-refractivity contribution is 8.04. The van der Waals surface area contributed by atoms with Crippen molar-refractivity contribution in [2.24, 2.45) is 5.92 Å². The van der Waals surface area contributed by atoms with Crippen molar-refractivity contribution in [3.8, 4) is 11.6 Å². The minimum Gasteiger partial charge on any atom is -0.462 e. The number of nitrogens with one attached hydrogen (secondary N) is 2. The van der Waals surface area contributed by atoms with Crippen molar-refractivity contribution in [1.82, 2.24) is 24.6 Å². The molecule has 39 heavy (non-hydrogen) atoms. The summed E-state index contributed by atoms with van der Waals surface area (Å²) in [6.45, 7) is 2.27. The molecule has 0 saturated carbocycles. The van der Waals surface area contributed by atoms with Crippen LogP contribution in [-0.4, -0.2) is 37.4 Å². The lowest BCUT2D eigenvalue weighted by molar-refractivity contribution is -0.137. The third-order valence-electron chi connectivity index (χ3n) is 5.70. The lowest BCUT2D eigenvalue weighted by atomic mass is 10.0. The average Bonchev–Trinajstić information content (AvgIpc) is 3.62. The number of nitrogens with zero attached hydrogens (tertiary/aromatic N) is 4. The fraction of sp³-hybridized carbons (Fsp3) is 0.240. The largest absolute Gasteiger partial charge is 0.462 e. The van der Waals surface area contributed by atoms with Gasteiger partial charge in [0.05, 0.1) is 6.61 Å². The highest BCUT2D eigenvalue weighted by atomic mass is 35.5. The van der Waals surface area contributed by atoms with Gasteiger partial charge >= 0.3 is 17.3 Å². The number of aromatic nitrogens is 4. The Morgan fingerprint density at radius 3 is 2.79 bits per heavy atom. The monoisotopic (exact) mass is 570 g/mol.